The molecule has 0 aliphatic heterocycles. The first-order chi connectivity index (χ1) is 8.16. The molecule has 17 heavy (non-hydrogen) atoms. The minimum absolute atomic E-state index is 0.260. The quantitative estimate of drug-likeness (QED) is 0.798. The minimum Gasteiger partial charge on any atom is -0.298 e. The summed E-state index contributed by atoms with van der Waals surface area (Å²) in [7, 11) is 0. The van der Waals surface area contributed by atoms with Crippen molar-refractivity contribution in [2.24, 2.45) is 0 Å². The first-order valence-corrected chi connectivity index (χ1v) is 6.65. The van der Waals surface area contributed by atoms with Crippen molar-refractivity contribution >= 4 is 0 Å². The SMILES string of the molecule is Cc1ccc(C(C)NOC2CCCC2)c(C)c1. The van der Waals surface area contributed by atoms with E-state index in [2.05, 4.69) is 44.5 Å². The van der Waals surface area contributed by atoms with E-state index in [-0.39, 0.29) is 6.04 Å². The van der Waals surface area contributed by atoms with Gasteiger partial charge in [0, 0.05) is 0 Å². The smallest absolute Gasteiger partial charge is 0.0790 e. The van der Waals surface area contributed by atoms with Crippen molar-refractivity contribution in [3.8, 4) is 0 Å². The van der Waals surface area contributed by atoms with Gasteiger partial charge in [0.25, 0.3) is 0 Å². The van der Waals surface area contributed by atoms with Crippen LogP contribution < -0.4 is 5.48 Å². The van der Waals surface area contributed by atoms with Gasteiger partial charge in [-0.25, -0.2) is 0 Å². The molecular formula is C15H23NO. The molecule has 0 saturated heterocycles. The number of hydrogen-bond donors (Lipinski definition) is 1. The fraction of sp³-hybridized carbons (Fsp3) is 0.600. The second-order valence-electron chi connectivity index (χ2n) is 5.22. The maximum absolute atomic E-state index is 5.75. The average molecular weight is 233 g/mol. The molecule has 1 aromatic carbocycles. The highest BCUT2D eigenvalue weighted by atomic mass is 16.7. The Balaban J connectivity index is 1.91. The van der Waals surface area contributed by atoms with Crippen LogP contribution in [-0.2, 0) is 4.84 Å². The zero-order chi connectivity index (χ0) is 12.3. The second kappa shape index (κ2) is 5.65. The van der Waals surface area contributed by atoms with Crippen LogP contribution in [-0.4, -0.2) is 6.10 Å². The molecule has 2 heteroatoms. The van der Waals surface area contributed by atoms with Crippen molar-refractivity contribution in [2.75, 3.05) is 0 Å². The van der Waals surface area contributed by atoms with Gasteiger partial charge in [0.05, 0.1) is 12.1 Å². The molecule has 94 valence electrons. The number of nitrogens with one attached hydrogen (secondary N) is 1. The molecule has 2 rings (SSSR count). The maximum atomic E-state index is 5.75. The molecule has 1 atom stereocenters. The molecule has 0 heterocycles. The molecule has 0 aromatic heterocycles. The van der Waals surface area contributed by atoms with Gasteiger partial charge in [-0.2, -0.15) is 5.48 Å². The third-order valence-corrected chi connectivity index (χ3v) is 3.61. The van der Waals surface area contributed by atoms with E-state index in [4.69, 9.17) is 4.84 Å². The number of aryl methyl sites for hydroxylation is 2. The van der Waals surface area contributed by atoms with E-state index in [0.717, 1.165) is 0 Å². The Kier molecular flexibility index (Phi) is 4.19. The summed E-state index contributed by atoms with van der Waals surface area (Å²) in [6.45, 7) is 6.45. The van der Waals surface area contributed by atoms with Gasteiger partial charge in [0.15, 0.2) is 0 Å². The van der Waals surface area contributed by atoms with Gasteiger partial charge in [0.2, 0.25) is 0 Å². The van der Waals surface area contributed by atoms with Crippen LogP contribution in [0.5, 0.6) is 0 Å². The molecule has 1 saturated carbocycles. The van der Waals surface area contributed by atoms with Gasteiger partial charge in [-0.3, -0.25) is 4.84 Å². The summed E-state index contributed by atoms with van der Waals surface area (Å²) in [5, 5.41) is 0. The van der Waals surface area contributed by atoms with E-state index in [1.165, 1.54) is 42.4 Å². The van der Waals surface area contributed by atoms with Crippen molar-refractivity contribution < 1.29 is 4.84 Å². The molecule has 1 unspecified atom stereocenters. The Hall–Kier alpha value is -0.860. The van der Waals surface area contributed by atoms with Crippen LogP contribution in [0.4, 0.5) is 0 Å². The molecule has 0 bridgehead atoms. The fourth-order valence-corrected chi connectivity index (χ4v) is 2.58. The average Bonchev–Trinajstić information content (AvgIpc) is 2.78. The number of hydroxylamine groups is 1. The van der Waals surface area contributed by atoms with Gasteiger partial charge >= 0.3 is 0 Å². The van der Waals surface area contributed by atoms with Crippen molar-refractivity contribution in [1.29, 1.82) is 0 Å². The molecule has 0 spiro atoms. The molecule has 1 aliphatic carbocycles. The van der Waals surface area contributed by atoms with Crippen LogP contribution in [0.3, 0.4) is 0 Å². The van der Waals surface area contributed by atoms with Crippen LogP contribution in [0, 0.1) is 13.8 Å². The van der Waals surface area contributed by atoms with Crippen LogP contribution in [0.25, 0.3) is 0 Å². The van der Waals surface area contributed by atoms with Crippen molar-refractivity contribution in [3.05, 3.63) is 34.9 Å². The third kappa shape index (κ3) is 3.30. The lowest BCUT2D eigenvalue weighted by atomic mass is 10.0. The Labute approximate surface area is 104 Å². The van der Waals surface area contributed by atoms with E-state index >= 15 is 0 Å². The molecule has 1 aliphatic rings. The predicted molar refractivity (Wildman–Crippen MR) is 70.8 cm³/mol. The normalized spacial score (nSPS) is 18.5. The van der Waals surface area contributed by atoms with Crippen LogP contribution in [0.15, 0.2) is 18.2 Å². The van der Waals surface area contributed by atoms with Crippen LogP contribution in [0.2, 0.25) is 0 Å². The van der Waals surface area contributed by atoms with Crippen LogP contribution >= 0.6 is 0 Å². The van der Waals surface area contributed by atoms with Gasteiger partial charge in [-0.1, -0.05) is 36.6 Å². The largest absolute Gasteiger partial charge is 0.298 e. The Morgan fingerprint density at radius 1 is 1.24 bits per heavy atom. The standard InChI is InChI=1S/C15H23NO/c1-11-8-9-15(12(2)10-11)13(3)16-17-14-6-4-5-7-14/h8-10,13-14,16H,4-7H2,1-3H3. The minimum atomic E-state index is 0.260. The van der Waals surface area contributed by atoms with Crippen LogP contribution in [0.1, 0.15) is 55.3 Å². The van der Waals surface area contributed by atoms with Gasteiger partial charge < -0.3 is 0 Å². The van der Waals surface area contributed by atoms with Crippen molar-refractivity contribution in [2.45, 2.75) is 58.6 Å². The molecule has 1 aromatic rings. The number of hydrogen-bond acceptors (Lipinski definition) is 2. The first kappa shape index (κ1) is 12.6. The number of benzene rings is 1. The third-order valence-electron chi connectivity index (χ3n) is 3.61. The summed E-state index contributed by atoms with van der Waals surface area (Å²) in [6, 6.07) is 6.84. The zero-order valence-corrected chi connectivity index (χ0v) is 11.1. The summed E-state index contributed by atoms with van der Waals surface area (Å²) in [5.41, 5.74) is 7.18. The Bertz CT molecular complexity index is 369. The van der Waals surface area contributed by atoms with Crippen molar-refractivity contribution in [3.63, 3.8) is 0 Å². The lowest BCUT2D eigenvalue weighted by Gasteiger charge is -2.19. The van der Waals surface area contributed by atoms with Crippen molar-refractivity contribution in [1.82, 2.24) is 5.48 Å². The molecule has 1 fully saturated rings. The Morgan fingerprint density at radius 2 is 1.94 bits per heavy atom. The summed E-state index contributed by atoms with van der Waals surface area (Å²) in [4.78, 5) is 5.75. The summed E-state index contributed by atoms with van der Waals surface area (Å²) in [5.74, 6) is 0. The van der Waals surface area contributed by atoms with E-state index in [9.17, 15) is 0 Å². The molecule has 1 N–H and O–H groups in total. The van der Waals surface area contributed by atoms with E-state index in [1.54, 1.807) is 0 Å². The lowest BCUT2D eigenvalue weighted by molar-refractivity contribution is -0.0377. The monoisotopic (exact) mass is 233 g/mol. The Morgan fingerprint density at radius 3 is 2.59 bits per heavy atom. The highest BCUT2D eigenvalue weighted by Gasteiger charge is 2.17. The van der Waals surface area contributed by atoms with E-state index in [1.807, 2.05) is 0 Å². The number of rotatable bonds is 4. The van der Waals surface area contributed by atoms with Gasteiger partial charge in [-0.05, 0) is 44.7 Å². The molecule has 0 radical (unpaired) electrons. The van der Waals surface area contributed by atoms with Gasteiger partial charge in [0.1, 0.15) is 0 Å². The topological polar surface area (TPSA) is 21.3 Å². The summed E-state index contributed by atoms with van der Waals surface area (Å²) >= 11 is 0. The molecule has 2 nitrogen and oxygen atoms in total. The molecule has 0 amide bonds. The van der Waals surface area contributed by atoms with E-state index < -0.39 is 0 Å². The van der Waals surface area contributed by atoms with E-state index in [0.29, 0.717) is 6.10 Å². The summed E-state index contributed by atoms with van der Waals surface area (Å²) < 4.78 is 0. The predicted octanol–water partition coefficient (Wildman–Crippen LogP) is 3.83. The lowest BCUT2D eigenvalue weighted by Crippen LogP contribution is -2.25. The maximum Gasteiger partial charge on any atom is 0.0790 e. The summed E-state index contributed by atoms with van der Waals surface area (Å²) in [6.07, 6.45) is 5.44. The highest BCUT2D eigenvalue weighted by molar-refractivity contribution is 5.32. The zero-order valence-electron chi connectivity index (χ0n) is 11.1. The fourth-order valence-electron chi connectivity index (χ4n) is 2.58. The second-order valence-corrected chi connectivity index (χ2v) is 5.22. The molecular weight excluding hydrogens is 210 g/mol. The van der Waals surface area contributed by atoms with Gasteiger partial charge in [-0.15, -0.1) is 0 Å². The first-order valence-electron chi connectivity index (χ1n) is 6.65. The highest BCUT2D eigenvalue weighted by Crippen LogP contribution is 2.22.